The smallest absolute Gasteiger partial charge is 0.231 e. The normalized spacial score (nSPS) is 11.4. The van der Waals surface area contributed by atoms with Gasteiger partial charge in [0.05, 0.1) is 12.1 Å². The molecule has 4 aromatic rings. The first-order valence-electron chi connectivity index (χ1n) is 10.5. The van der Waals surface area contributed by atoms with Crippen molar-refractivity contribution in [2.45, 2.75) is 39.8 Å². The van der Waals surface area contributed by atoms with E-state index >= 15 is 0 Å². The van der Waals surface area contributed by atoms with Crippen molar-refractivity contribution >= 4 is 33.9 Å². The molecule has 5 nitrogen and oxygen atoms in total. The third-order valence-corrected chi connectivity index (χ3v) is 6.19. The number of carbonyl (C=O) groups is 1. The van der Waals surface area contributed by atoms with Gasteiger partial charge < -0.3 is 9.73 Å². The minimum absolute atomic E-state index is 0.0407. The number of aryl methyl sites for hydroxylation is 2. The van der Waals surface area contributed by atoms with E-state index in [1.807, 2.05) is 48.7 Å². The molecule has 0 unspecified atom stereocenters. The molecular formula is C25H27N3O2S. The van der Waals surface area contributed by atoms with E-state index in [1.165, 1.54) is 22.3 Å². The van der Waals surface area contributed by atoms with Crippen LogP contribution >= 0.6 is 11.3 Å². The van der Waals surface area contributed by atoms with Crippen molar-refractivity contribution in [1.82, 2.24) is 9.88 Å². The maximum atomic E-state index is 12.4. The fourth-order valence-corrected chi connectivity index (χ4v) is 4.54. The van der Waals surface area contributed by atoms with Crippen molar-refractivity contribution in [2.24, 2.45) is 0 Å². The second kappa shape index (κ2) is 9.45. The first kappa shape index (κ1) is 21.3. The molecule has 4 rings (SSSR count). The van der Waals surface area contributed by atoms with Crippen LogP contribution in [0.3, 0.4) is 0 Å². The number of nitrogens with zero attached hydrogens (tertiary/aromatic N) is 2. The van der Waals surface area contributed by atoms with E-state index in [1.54, 1.807) is 0 Å². The molecule has 0 atom stereocenters. The topological polar surface area (TPSA) is 58.4 Å². The molecule has 0 saturated carbocycles. The Balaban J connectivity index is 1.38. The molecule has 2 aromatic carbocycles. The Hall–Kier alpha value is -2.96. The average molecular weight is 434 g/mol. The molecule has 1 amide bonds. The van der Waals surface area contributed by atoms with E-state index in [0.29, 0.717) is 0 Å². The molecule has 160 valence electrons. The van der Waals surface area contributed by atoms with E-state index in [-0.39, 0.29) is 12.3 Å². The van der Waals surface area contributed by atoms with Crippen molar-refractivity contribution in [3.63, 3.8) is 0 Å². The highest BCUT2D eigenvalue weighted by Crippen LogP contribution is 2.27. The number of hydrogen-bond acceptors (Lipinski definition) is 5. The number of furan rings is 1. The number of thiazole rings is 1. The number of amides is 1. The van der Waals surface area contributed by atoms with Crippen molar-refractivity contribution in [2.75, 3.05) is 12.4 Å². The number of benzene rings is 2. The zero-order chi connectivity index (χ0) is 21.8. The predicted octanol–water partition coefficient (Wildman–Crippen LogP) is 5.57. The van der Waals surface area contributed by atoms with Gasteiger partial charge in [-0.05, 0) is 31.7 Å². The second-order valence-corrected chi connectivity index (χ2v) is 8.74. The molecule has 0 aliphatic heterocycles. The van der Waals surface area contributed by atoms with Crippen LogP contribution in [0.5, 0.6) is 0 Å². The maximum absolute atomic E-state index is 12.4. The zero-order valence-corrected chi connectivity index (χ0v) is 19.0. The minimum atomic E-state index is -0.0407. The molecule has 0 spiro atoms. The van der Waals surface area contributed by atoms with Crippen LogP contribution in [0, 0.1) is 6.92 Å². The monoisotopic (exact) mass is 433 g/mol. The summed E-state index contributed by atoms with van der Waals surface area (Å²) in [5.41, 5.74) is 5.07. The van der Waals surface area contributed by atoms with E-state index in [2.05, 4.69) is 41.3 Å². The van der Waals surface area contributed by atoms with Crippen LogP contribution in [0.2, 0.25) is 0 Å². The number of para-hydroxylation sites is 2. The molecule has 1 N–H and O–H groups in total. The lowest BCUT2D eigenvalue weighted by atomic mass is 10.1. The zero-order valence-electron chi connectivity index (χ0n) is 18.1. The van der Waals surface area contributed by atoms with Gasteiger partial charge in [-0.25, -0.2) is 4.98 Å². The summed E-state index contributed by atoms with van der Waals surface area (Å²) in [6, 6.07) is 16.0. The van der Waals surface area contributed by atoms with Crippen LogP contribution < -0.4 is 5.32 Å². The molecule has 0 fully saturated rings. The molecule has 0 aliphatic carbocycles. The van der Waals surface area contributed by atoms with E-state index in [9.17, 15) is 4.79 Å². The van der Waals surface area contributed by atoms with E-state index in [4.69, 9.17) is 4.42 Å². The summed E-state index contributed by atoms with van der Waals surface area (Å²) in [6.07, 6.45) is 1.16. The summed E-state index contributed by atoms with van der Waals surface area (Å²) in [5, 5.41) is 7.03. The molecule has 31 heavy (non-hydrogen) atoms. The molecule has 2 heterocycles. The van der Waals surface area contributed by atoms with Crippen molar-refractivity contribution in [3.05, 3.63) is 81.5 Å². The lowest BCUT2D eigenvalue weighted by Crippen LogP contribution is -2.18. The van der Waals surface area contributed by atoms with Crippen LogP contribution in [0.4, 0.5) is 5.69 Å². The fraction of sp³-hybridized carbons (Fsp3) is 0.280. The van der Waals surface area contributed by atoms with Gasteiger partial charge in [-0.15, -0.1) is 11.3 Å². The van der Waals surface area contributed by atoms with Crippen LogP contribution in [0.1, 0.15) is 34.5 Å². The van der Waals surface area contributed by atoms with Crippen LogP contribution in [0.15, 0.2) is 58.3 Å². The third kappa shape index (κ3) is 5.03. The highest BCUT2D eigenvalue weighted by Gasteiger charge is 2.16. The number of hydrogen-bond donors (Lipinski definition) is 1. The number of rotatable bonds is 8. The third-order valence-electron chi connectivity index (χ3n) is 5.29. The standard InChI is InChI=1S/C25H27N3O2S/c1-4-22-20(19-10-6-8-12-23(19)30-22)15-28(3)14-18-16-31-25(26-18)13-24(29)27-21-11-7-5-9-17(21)2/h5-12,16H,4,13-15H2,1-3H3,(H,27,29). The van der Waals surface area contributed by atoms with Gasteiger partial charge in [-0.3, -0.25) is 9.69 Å². The Labute approximate surface area is 186 Å². The van der Waals surface area contributed by atoms with Gasteiger partial charge in [0.25, 0.3) is 0 Å². The quantitative estimate of drug-likeness (QED) is 0.394. The molecular weight excluding hydrogens is 406 g/mol. The van der Waals surface area contributed by atoms with Gasteiger partial charge in [-0.2, -0.15) is 0 Å². The summed E-state index contributed by atoms with van der Waals surface area (Å²) in [5.74, 6) is 1.00. The first-order chi connectivity index (χ1) is 15.0. The van der Waals surface area contributed by atoms with E-state index < -0.39 is 0 Å². The molecule has 0 radical (unpaired) electrons. The van der Waals surface area contributed by atoms with Gasteiger partial charge in [0.1, 0.15) is 16.4 Å². The molecule has 6 heteroatoms. The summed E-state index contributed by atoms with van der Waals surface area (Å²) < 4.78 is 6.02. The van der Waals surface area contributed by atoms with Gasteiger partial charge in [0.15, 0.2) is 0 Å². The molecule has 0 bridgehead atoms. The van der Waals surface area contributed by atoms with Crippen LogP contribution in [-0.4, -0.2) is 22.8 Å². The Kier molecular flexibility index (Phi) is 6.49. The summed E-state index contributed by atoms with van der Waals surface area (Å²) in [7, 11) is 2.09. The van der Waals surface area contributed by atoms with Gasteiger partial charge in [0, 0.05) is 41.5 Å². The number of anilines is 1. The Morgan fingerprint density at radius 2 is 1.90 bits per heavy atom. The fourth-order valence-electron chi connectivity index (χ4n) is 3.76. The second-order valence-electron chi connectivity index (χ2n) is 7.80. The number of fused-ring (bicyclic) bond motifs is 1. The minimum Gasteiger partial charge on any atom is -0.461 e. The number of aromatic nitrogens is 1. The number of carbonyl (C=O) groups excluding carboxylic acids is 1. The lowest BCUT2D eigenvalue weighted by Gasteiger charge is -2.15. The van der Waals surface area contributed by atoms with Gasteiger partial charge in [0.2, 0.25) is 5.91 Å². The van der Waals surface area contributed by atoms with E-state index in [0.717, 1.165) is 52.8 Å². The molecule has 2 aromatic heterocycles. The van der Waals surface area contributed by atoms with Crippen molar-refractivity contribution in [1.29, 1.82) is 0 Å². The highest BCUT2D eigenvalue weighted by molar-refractivity contribution is 7.09. The van der Waals surface area contributed by atoms with Crippen molar-refractivity contribution in [3.8, 4) is 0 Å². The van der Waals surface area contributed by atoms with Gasteiger partial charge >= 0.3 is 0 Å². The summed E-state index contributed by atoms with van der Waals surface area (Å²) in [6.45, 7) is 5.62. The Morgan fingerprint density at radius 1 is 1.13 bits per heavy atom. The SMILES string of the molecule is CCc1oc2ccccc2c1CN(C)Cc1csc(CC(=O)Nc2ccccc2C)n1. The molecule has 0 aliphatic rings. The number of nitrogens with one attached hydrogen (secondary N) is 1. The largest absolute Gasteiger partial charge is 0.461 e. The average Bonchev–Trinajstić information content (AvgIpc) is 3.33. The first-order valence-corrected chi connectivity index (χ1v) is 11.4. The Morgan fingerprint density at radius 3 is 2.71 bits per heavy atom. The highest BCUT2D eigenvalue weighted by atomic mass is 32.1. The molecule has 0 saturated heterocycles. The summed E-state index contributed by atoms with van der Waals surface area (Å²) >= 11 is 1.54. The van der Waals surface area contributed by atoms with Crippen LogP contribution in [0.25, 0.3) is 11.0 Å². The van der Waals surface area contributed by atoms with Gasteiger partial charge in [-0.1, -0.05) is 43.3 Å². The Bertz CT molecular complexity index is 1190. The van der Waals surface area contributed by atoms with Crippen molar-refractivity contribution < 1.29 is 9.21 Å². The van der Waals surface area contributed by atoms with Crippen LogP contribution in [-0.2, 0) is 30.7 Å². The predicted molar refractivity (Wildman–Crippen MR) is 126 cm³/mol. The maximum Gasteiger partial charge on any atom is 0.231 e. The lowest BCUT2D eigenvalue weighted by molar-refractivity contribution is -0.115. The summed E-state index contributed by atoms with van der Waals surface area (Å²) in [4.78, 5) is 19.3.